The first-order chi connectivity index (χ1) is 16.2. The van der Waals surface area contributed by atoms with Crippen LogP contribution in [0.2, 0.25) is 0 Å². The van der Waals surface area contributed by atoms with E-state index in [2.05, 4.69) is 26.8 Å². The van der Waals surface area contributed by atoms with Crippen LogP contribution in [0.25, 0.3) is 16.8 Å². The highest BCUT2D eigenvalue weighted by atomic mass is 16.5. The number of hydrogen-bond acceptors (Lipinski definition) is 4. The lowest BCUT2D eigenvalue weighted by Gasteiger charge is -2.29. The first kappa shape index (κ1) is 25.2. The lowest BCUT2D eigenvalue weighted by Crippen LogP contribution is -2.29. The summed E-state index contributed by atoms with van der Waals surface area (Å²) in [4.78, 5) is 17.6. The Bertz CT molecular complexity index is 1270. The molecular weight excluding hydrogens is 440 g/mol. The van der Waals surface area contributed by atoms with Gasteiger partial charge in [-0.15, -0.1) is 0 Å². The number of carboxylic acid groups (broad SMARTS) is 1. The van der Waals surface area contributed by atoms with Crippen molar-refractivity contribution >= 4 is 11.6 Å². The van der Waals surface area contributed by atoms with Gasteiger partial charge >= 0.3 is 5.97 Å². The number of aromatic nitrogens is 2. The van der Waals surface area contributed by atoms with Crippen molar-refractivity contribution in [3.63, 3.8) is 0 Å². The molecule has 3 aromatic rings. The number of fused-ring (bicyclic) bond motifs is 2. The first-order valence-electron chi connectivity index (χ1n) is 12.4. The van der Waals surface area contributed by atoms with Gasteiger partial charge in [-0.25, -0.2) is 9.78 Å². The van der Waals surface area contributed by atoms with Crippen LogP contribution in [0, 0.1) is 19.3 Å². The molecule has 3 heterocycles. The number of pyridine rings is 1. The number of rotatable bonds is 5. The summed E-state index contributed by atoms with van der Waals surface area (Å²) in [5.41, 5.74) is 6.76. The topological polar surface area (TPSA) is 73.1 Å². The number of ether oxygens (including phenoxy) is 2. The third kappa shape index (κ3) is 5.22. The Kier molecular flexibility index (Phi) is 6.47. The number of aryl methyl sites for hydroxylation is 3. The molecule has 188 valence electrons. The van der Waals surface area contributed by atoms with E-state index in [4.69, 9.17) is 14.5 Å². The molecule has 1 atom stereocenters. The minimum Gasteiger partial charge on any atom is -0.493 e. The summed E-state index contributed by atoms with van der Waals surface area (Å²) in [5.74, 6) is -0.0923. The first-order valence-corrected chi connectivity index (χ1v) is 12.4. The van der Waals surface area contributed by atoms with Gasteiger partial charge in [-0.1, -0.05) is 26.8 Å². The maximum atomic E-state index is 12.6. The second kappa shape index (κ2) is 8.98. The van der Waals surface area contributed by atoms with E-state index in [0.717, 1.165) is 70.9 Å². The molecule has 1 aliphatic heterocycles. The number of aliphatic carboxylic acids is 1. The highest BCUT2D eigenvalue weighted by molar-refractivity contribution is 5.85. The van der Waals surface area contributed by atoms with Crippen molar-refractivity contribution in [2.75, 3.05) is 6.61 Å². The van der Waals surface area contributed by atoms with Gasteiger partial charge < -0.3 is 19.0 Å². The number of benzene rings is 1. The molecule has 0 aliphatic carbocycles. The van der Waals surface area contributed by atoms with Crippen molar-refractivity contribution in [1.82, 2.24) is 9.38 Å². The van der Waals surface area contributed by atoms with Gasteiger partial charge in [-0.3, -0.25) is 0 Å². The maximum Gasteiger partial charge on any atom is 0.337 e. The van der Waals surface area contributed by atoms with Crippen LogP contribution in [0.3, 0.4) is 0 Å². The van der Waals surface area contributed by atoms with E-state index in [1.165, 1.54) is 0 Å². The Morgan fingerprint density at radius 1 is 1.20 bits per heavy atom. The standard InChI is InChI=1S/C29H38N2O4/c1-17-23(20-11-12-22-19(14-20)10-9-13-34-22)24(25(27(32)33)35-29(6,7)8)18(2)31-16-21(30-26(17)31)15-28(3,4)5/h11-12,14,16,25H,9-10,13,15H2,1-8H3,(H,32,33)/t25-/m0/s1. The quantitative estimate of drug-likeness (QED) is 0.455. The third-order valence-corrected chi connectivity index (χ3v) is 6.35. The van der Waals surface area contributed by atoms with Crippen LogP contribution >= 0.6 is 0 Å². The summed E-state index contributed by atoms with van der Waals surface area (Å²) in [6.45, 7) is 17.0. The zero-order valence-electron chi connectivity index (χ0n) is 22.3. The summed E-state index contributed by atoms with van der Waals surface area (Å²) >= 11 is 0. The summed E-state index contributed by atoms with van der Waals surface area (Å²) in [7, 11) is 0. The lowest BCUT2D eigenvalue weighted by atomic mass is 9.89. The number of hydrogen-bond donors (Lipinski definition) is 1. The van der Waals surface area contributed by atoms with Crippen molar-refractivity contribution in [1.29, 1.82) is 0 Å². The van der Waals surface area contributed by atoms with Gasteiger partial charge in [0.15, 0.2) is 6.10 Å². The molecule has 1 N–H and O–H groups in total. The van der Waals surface area contributed by atoms with Crippen LogP contribution in [0.4, 0.5) is 0 Å². The molecule has 0 bridgehead atoms. The fourth-order valence-corrected chi connectivity index (χ4v) is 5.00. The molecule has 0 fully saturated rings. The van der Waals surface area contributed by atoms with Gasteiger partial charge in [0.2, 0.25) is 0 Å². The predicted molar refractivity (Wildman–Crippen MR) is 138 cm³/mol. The Morgan fingerprint density at radius 3 is 2.54 bits per heavy atom. The molecule has 0 radical (unpaired) electrons. The second-order valence-corrected chi connectivity index (χ2v) is 11.9. The predicted octanol–water partition coefficient (Wildman–Crippen LogP) is 6.47. The zero-order valence-corrected chi connectivity index (χ0v) is 22.3. The van der Waals surface area contributed by atoms with Crippen molar-refractivity contribution in [3.05, 3.63) is 52.5 Å². The average Bonchev–Trinajstić information content (AvgIpc) is 3.16. The van der Waals surface area contributed by atoms with Crippen LogP contribution in [-0.2, 0) is 22.4 Å². The smallest absolute Gasteiger partial charge is 0.337 e. The Morgan fingerprint density at radius 2 is 1.91 bits per heavy atom. The largest absolute Gasteiger partial charge is 0.493 e. The normalized spacial score (nSPS) is 15.1. The molecule has 1 aromatic carbocycles. The van der Waals surface area contributed by atoms with Crippen LogP contribution < -0.4 is 4.74 Å². The van der Waals surface area contributed by atoms with E-state index in [1.807, 2.05) is 57.3 Å². The van der Waals surface area contributed by atoms with E-state index in [9.17, 15) is 9.90 Å². The van der Waals surface area contributed by atoms with E-state index >= 15 is 0 Å². The molecule has 0 saturated carbocycles. The number of nitrogens with zero attached hydrogens (tertiary/aromatic N) is 2. The fourth-order valence-electron chi connectivity index (χ4n) is 5.00. The Labute approximate surface area is 208 Å². The van der Waals surface area contributed by atoms with Gasteiger partial charge in [0.25, 0.3) is 0 Å². The van der Waals surface area contributed by atoms with E-state index in [-0.39, 0.29) is 5.41 Å². The maximum absolute atomic E-state index is 12.6. The molecule has 1 aliphatic rings. The lowest BCUT2D eigenvalue weighted by molar-refractivity contribution is -0.160. The monoisotopic (exact) mass is 478 g/mol. The van der Waals surface area contributed by atoms with Crippen molar-refractivity contribution in [2.24, 2.45) is 5.41 Å². The zero-order chi connectivity index (χ0) is 25.7. The van der Waals surface area contributed by atoms with Gasteiger partial charge in [0.1, 0.15) is 11.4 Å². The van der Waals surface area contributed by atoms with Crippen LogP contribution in [0.5, 0.6) is 5.75 Å². The summed E-state index contributed by atoms with van der Waals surface area (Å²) in [5, 5.41) is 10.3. The number of carbonyl (C=O) groups is 1. The second-order valence-electron chi connectivity index (χ2n) is 11.9. The van der Waals surface area contributed by atoms with Gasteiger partial charge in [-0.05, 0) is 88.1 Å². The summed E-state index contributed by atoms with van der Waals surface area (Å²) < 4.78 is 14.0. The minimum absolute atomic E-state index is 0.0862. The van der Waals surface area contributed by atoms with Crippen molar-refractivity contribution in [3.8, 4) is 16.9 Å². The van der Waals surface area contributed by atoms with E-state index in [0.29, 0.717) is 5.56 Å². The molecule has 0 unspecified atom stereocenters. The minimum atomic E-state index is -1.12. The molecule has 6 nitrogen and oxygen atoms in total. The highest BCUT2D eigenvalue weighted by Gasteiger charge is 2.33. The molecule has 0 saturated heterocycles. The van der Waals surface area contributed by atoms with Gasteiger partial charge in [0.05, 0.1) is 17.9 Å². The summed E-state index contributed by atoms with van der Waals surface area (Å²) in [6.07, 6.45) is 3.68. The third-order valence-electron chi connectivity index (χ3n) is 6.35. The Balaban J connectivity index is 2.02. The SMILES string of the molecule is Cc1c(-c2ccc3c(c2)CCCO3)c([C@H](OC(C)(C)C)C(=O)O)c(C)n2cc(CC(C)(C)C)nc12. The van der Waals surface area contributed by atoms with Crippen molar-refractivity contribution < 1.29 is 19.4 Å². The molecule has 4 rings (SSSR count). The van der Waals surface area contributed by atoms with Gasteiger partial charge in [-0.2, -0.15) is 0 Å². The molecule has 0 amide bonds. The number of imidazole rings is 1. The molecule has 2 aromatic heterocycles. The highest BCUT2D eigenvalue weighted by Crippen LogP contribution is 2.41. The van der Waals surface area contributed by atoms with Crippen molar-refractivity contribution in [2.45, 2.75) is 86.4 Å². The van der Waals surface area contributed by atoms with E-state index in [1.54, 1.807) is 0 Å². The average molecular weight is 479 g/mol. The van der Waals surface area contributed by atoms with Crippen LogP contribution in [-0.4, -0.2) is 32.7 Å². The number of carboxylic acids is 1. The molecule has 0 spiro atoms. The van der Waals surface area contributed by atoms with Crippen LogP contribution in [0.15, 0.2) is 24.4 Å². The molecule has 35 heavy (non-hydrogen) atoms. The summed E-state index contributed by atoms with van der Waals surface area (Å²) in [6, 6.07) is 6.18. The molecule has 6 heteroatoms. The molecular formula is C29H38N2O4. The van der Waals surface area contributed by atoms with Crippen LogP contribution in [0.1, 0.15) is 82.1 Å². The Hall–Kier alpha value is -2.86. The fraction of sp³-hybridized carbons (Fsp3) is 0.517. The van der Waals surface area contributed by atoms with E-state index < -0.39 is 17.7 Å². The van der Waals surface area contributed by atoms with Gasteiger partial charge in [0, 0.05) is 23.0 Å².